The van der Waals surface area contributed by atoms with Crippen molar-refractivity contribution < 1.29 is 137 Å². The Hall–Kier alpha value is -13.4. The molecule has 9 amide bonds. The summed E-state index contributed by atoms with van der Waals surface area (Å²) in [7, 11) is 1.29. The number of ether oxygens (including phenoxy) is 8. The van der Waals surface area contributed by atoms with Crippen LogP contribution in [-0.4, -0.2) is 221 Å². The number of likely N-dealkylation sites (N-methyl/N-ethyl adjacent to an activating group) is 1. The molecule has 11 bridgehead atoms. The van der Waals surface area contributed by atoms with Crippen LogP contribution in [0, 0.1) is 5.92 Å². The van der Waals surface area contributed by atoms with Crippen molar-refractivity contribution in [2.75, 3.05) is 26.9 Å². The molecule has 9 aromatic rings. The van der Waals surface area contributed by atoms with Gasteiger partial charge in [-0.25, -0.2) is 14.4 Å². The van der Waals surface area contributed by atoms with Gasteiger partial charge in [-0.1, -0.05) is 158 Å². The molecule has 10 aliphatic rings. The number of rotatable bonds is 18. The number of aliphatic hydroxyl groups excluding tert-OH is 6. The third kappa shape index (κ3) is 18.0. The molecule has 3 aliphatic carbocycles. The summed E-state index contributed by atoms with van der Waals surface area (Å²) in [6.45, 7) is 5.04. The van der Waals surface area contributed by atoms with Crippen molar-refractivity contribution in [2.45, 2.75) is 174 Å². The number of hydrogen-bond acceptors (Lipinski definition) is 27. The molecule has 37 nitrogen and oxygen atoms in total. The van der Waals surface area contributed by atoms with Gasteiger partial charge in [-0.2, -0.15) is 0 Å². The quantitative estimate of drug-likeness (QED) is 0.0411. The summed E-state index contributed by atoms with van der Waals surface area (Å²) >= 11 is 14.5. The second kappa shape index (κ2) is 37.7. The summed E-state index contributed by atoms with van der Waals surface area (Å²) in [4.78, 5) is 151. The molecule has 0 spiro atoms. The van der Waals surface area contributed by atoms with Gasteiger partial charge in [0.15, 0.2) is 29.9 Å². The highest BCUT2D eigenvalue weighted by Crippen LogP contribution is 2.54. The standard InChI is InChI=1S/C97H95Cl2N9O28/c1-41(2)28-65(108(5)95(126)130-40-59-54-20-12-8-16-50(54)51-17-9-13-21-55(51)59)87(118)105-77-79(112)44-23-26-66(62(98)30-44)132-68-32-46-33-69(83(68)136-93-84(82(115)81(114)70(38-109)134-93)135-72-37-96(4,85(116)42(3)131-72)107-94(125)129-39-58-52-18-10-6-14-48(52)49-15-7-11-19-53(49)58)133-67-27-24-45(31-63(67)99)80(113)78-91(122)104-76(92(123)124)57-34-47(110)35-61-73(57)56-29-43(22-25-60(56)97(61,127)128)74(88(119)106-78)103-89(120)75(46)102-86(117)64(36-71(100)111)101-90(77)121/h6-27,29-35,41-42,58-59,64-65,70,72,74-82,84-85,93,109-110,112-116,127-128H,28,36-40H2,1-5H3,(H2,100,111)(H,101,121)(H,102,117)(H,103,120)(H,104,122)(H,105,118)(H,106,119)(H,107,125)(H,123,124)/t42?,64?,65?,70?,72?,74?,75?,76-,77?,78?,79?,80?,81?,82?,84?,85?,93?,96-/m0/s1. The number of fused-ring (bicyclic) bond motifs is 18. The number of aliphatic carboxylic acids is 1. The third-order valence-electron chi connectivity index (χ3n) is 26.0. The van der Waals surface area contributed by atoms with Crippen LogP contribution in [-0.2, 0) is 67.8 Å². The SMILES string of the molecule is CC(C)CC(C(=O)NC1C(=O)NC(CC(N)=O)C(=O)NC2C(=O)NC3C(=O)NC(C(=O)N[C@H](C(=O)O)c4cc(O)cc5c4-c4cc3ccc4C5(O)O)C(O)c3ccc(c(Cl)c3)Oc3cc2cc(c3OC2OC(CO)C(O)C(O)C2OC2C[C@](C)(NC(=O)OCC3c4ccccc4-c4ccccc43)C(O)C(C)O2)Oc2ccc(cc2Cl)C1O)N(C)C(=O)OCC1c2ccccc2-c2ccccc21. The molecule has 39 heteroatoms. The number of nitrogens with two attached hydrogens (primary N) is 1. The third-order valence-corrected chi connectivity index (χ3v) is 26.6. The molecule has 2 fully saturated rings. The number of carboxylic acids is 1. The van der Waals surface area contributed by atoms with Crippen molar-refractivity contribution in [1.29, 1.82) is 0 Å². The summed E-state index contributed by atoms with van der Waals surface area (Å²) in [6, 6.07) is 29.0. The number of phenols is 1. The lowest BCUT2D eigenvalue weighted by atomic mass is 9.85. The number of carboxylic acid groups (broad SMARTS) is 1. The van der Waals surface area contributed by atoms with Gasteiger partial charge in [-0.3, -0.25) is 38.5 Å². The van der Waals surface area contributed by atoms with E-state index in [1.807, 2.05) is 97.1 Å². The molecule has 7 heterocycles. The lowest BCUT2D eigenvalue weighted by molar-refractivity contribution is -0.334. The molecule has 2 saturated heterocycles. The molecule has 9 aromatic carbocycles. The molecule has 0 saturated carbocycles. The van der Waals surface area contributed by atoms with Gasteiger partial charge in [0.2, 0.25) is 59.2 Å². The van der Waals surface area contributed by atoms with Gasteiger partial charge in [0.05, 0.1) is 34.7 Å². The Labute approximate surface area is 785 Å². The maximum Gasteiger partial charge on any atom is 0.410 e. The lowest BCUT2D eigenvalue weighted by Gasteiger charge is -2.48. The van der Waals surface area contributed by atoms with E-state index in [1.165, 1.54) is 27.0 Å². The number of nitrogens with zero attached hydrogens (tertiary/aromatic N) is 1. The van der Waals surface area contributed by atoms with Gasteiger partial charge >= 0.3 is 18.2 Å². The highest BCUT2D eigenvalue weighted by atomic mass is 35.5. The number of carbonyl (C=O) groups excluding carboxylic acids is 9. The first-order valence-electron chi connectivity index (χ1n) is 43.6. The van der Waals surface area contributed by atoms with Gasteiger partial charge in [0, 0.05) is 36.4 Å². The normalized spacial score (nSPS) is 26.0. The van der Waals surface area contributed by atoms with Crippen molar-refractivity contribution in [1.82, 2.24) is 42.1 Å². The molecule has 0 aromatic heterocycles. The largest absolute Gasteiger partial charge is 0.508 e. The number of carbonyl (C=O) groups is 10. The van der Waals surface area contributed by atoms with E-state index in [-0.39, 0.29) is 64.9 Å². The highest BCUT2D eigenvalue weighted by Gasteiger charge is 2.54. The number of nitrogens with one attached hydrogen (secondary N) is 7. The second-order valence-corrected chi connectivity index (χ2v) is 36.2. The van der Waals surface area contributed by atoms with Crippen LogP contribution >= 0.6 is 23.2 Å². The second-order valence-electron chi connectivity index (χ2n) is 35.4. The van der Waals surface area contributed by atoms with Gasteiger partial charge in [0.1, 0.15) is 103 Å². The first-order valence-corrected chi connectivity index (χ1v) is 44.4. The van der Waals surface area contributed by atoms with Crippen LogP contribution in [0.25, 0.3) is 33.4 Å². The van der Waals surface area contributed by atoms with Gasteiger partial charge in [0.25, 0.3) is 0 Å². The predicted molar refractivity (Wildman–Crippen MR) is 479 cm³/mol. The predicted octanol–water partition coefficient (Wildman–Crippen LogP) is 6.44. The molecular weight excluding hydrogens is 1810 g/mol. The van der Waals surface area contributed by atoms with Crippen LogP contribution in [0.4, 0.5) is 9.59 Å². The van der Waals surface area contributed by atoms with Crippen molar-refractivity contribution in [3.63, 3.8) is 0 Å². The van der Waals surface area contributed by atoms with Gasteiger partial charge in [-0.15, -0.1) is 0 Å². The van der Waals surface area contributed by atoms with Crippen LogP contribution in [0.2, 0.25) is 10.0 Å². The van der Waals surface area contributed by atoms with E-state index in [1.54, 1.807) is 13.8 Å². The minimum atomic E-state index is -3.07. The molecule has 710 valence electrons. The van der Waals surface area contributed by atoms with Crippen molar-refractivity contribution >= 4 is 82.7 Å². The molecule has 136 heavy (non-hydrogen) atoms. The fourth-order valence-corrected chi connectivity index (χ4v) is 19.6. The summed E-state index contributed by atoms with van der Waals surface area (Å²) in [5.41, 5.74) is 8.18. The number of hydrogen-bond donors (Lipinski definition) is 18. The van der Waals surface area contributed by atoms with Gasteiger partial charge < -0.3 is 132 Å². The van der Waals surface area contributed by atoms with Crippen molar-refractivity contribution in [3.05, 3.63) is 247 Å². The number of halogens is 2. The summed E-state index contributed by atoms with van der Waals surface area (Å²) in [6.07, 6.45) is -22.8. The van der Waals surface area contributed by atoms with Crippen LogP contribution in [0.15, 0.2) is 176 Å². The van der Waals surface area contributed by atoms with E-state index in [2.05, 4.69) is 37.2 Å². The van der Waals surface area contributed by atoms with Crippen LogP contribution < -0.4 is 57.2 Å². The maximum absolute atomic E-state index is 16.5. The van der Waals surface area contributed by atoms with Gasteiger partial charge in [-0.05, 0) is 164 Å². The van der Waals surface area contributed by atoms with E-state index in [0.717, 1.165) is 122 Å². The molecule has 19 rings (SSSR count). The number of benzene rings is 9. The summed E-state index contributed by atoms with van der Waals surface area (Å²) < 4.78 is 51.6. The highest BCUT2D eigenvalue weighted by molar-refractivity contribution is 6.32. The Morgan fingerprint density at radius 1 is 0.596 bits per heavy atom. The minimum Gasteiger partial charge on any atom is -0.508 e. The Kier molecular flexibility index (Phi) is 26.2. The Morgan fingerprint density at radius 2 is 1.14 bits per heavy atom. The van der Waals surface area contributed by atoms with Crippen LogP contribution in [0.5, 0.6) is 34.5 Å². The number of aliphatic hydroxyl groups is 8. The Balaban J connectivity index is 0.784. The Bertz CT molecular complexity index is 6230. The number of aromatic hydroxyl groups is 1. The maximum atomic E-state index is 16.5. The zero-order valence-corrected chi connectivity index (χ0v) is 74.6. The van der Waals surface area contributed by atoms with Crippen molar-refractivity contribution in [2.24, 2.45) is 11.7 Å². The number of phenolic OH excluding ortho intramolecular Hbond substituents is 1. The molecule has 18 atom stereocenters. The van der Waals surface area contributed by atoms with Crippen molar-refractivity contribution in [3.8, 4) is 67.9 Å². The smallest absolute Gasteiger partial charge is 0.410 e. The zero-order valence-electron chi connectivity index (χ0n) is 73.1. The number of alkyl carbamates (subject to hydrolysis) is 1. The molecule has 0 radical (unpaired) electrons. The first kappa shape index (κ1) is 94.4. The molecule has 7 aliphatic heterocycles. The van der Waals surface area contributed by atoms with Crippen LogP contribution in [0.1, 0.15) is 150 Å². The topological polar surface area (TPSA) is 560 Å². The van der Waals surface area contributed by atoms with E-state index < -0.39 is 261 Å². The molecule has 16 unspecified atom stereocenters. The van der Waals surface area contributed by atoms with Crippen LogP contribution in [0.3, 0.4) is 0 Å². The average molecular weight is 1910 g/mol. The monoisotopic (exact) mass is 1900 g/mol. The molecular formula is C97H95Cl2N9O28. The summed E-state index contributed by atoms with van der Waals surface area (Å²) in [5, 5.41) is 136. The zero-order chi connectivity index (χ0) is 96.7. The average Bonchev–Trinajstić information content (AvgIpc) is 1.55. The first-order chi connectivity index (χ1) is 64.9. The number of primary amides is 1. The van der Waals surface area contributed by atoms with E-state index in [9.17, 15) is 70.2 Å². The Morgan fingerprint density at radius 3 is 1.70 bits per heavy atom. The molecule has 19 N–H and O–H groups in total. The van der Waals surface area contributed by atoms with E-state index >= 15 is 28.8 Å². The fourth-order valence-electron chi connectivity index (χ4n) is 19.1. The summed E-state index contributed by atoms with van der Waals surface area (Å²) in [5.74, 6) is -19.4. The fraction of sp³-hybridized carbons (Fsp3) is 0.340. The minimum absolute atomic E-state index is 0.107. The lowest BCUT2D eigenvalue weighted by Crippen LogP contribution is -2.66. The van der Waals surface area contributed by atoms with E-state index in [0.29, 0.717) is 0 Å². The number of amides is 9. The van der Waals surface area contributed by atoms with E-state index in [4.69, 9.17) is 66.8 Å².